The van der Waals surface area contributed by atoms with Gasteiger partial charge in [-0.1, -0.05) is 50.6 Å². The molecular formula is C10H14ClP. The Balaban J connectivity index is 3.26. The highest BCUT2D eigenvalue weighted by Crippen LogP contribution is 2.28. The summed E-state index contributed by atoms with van der Waals surface area (Å²) in [7, 11) is 2.65. The van der Waals surface area contributed by atoms with Gasteiger partial charge >= 0.3 is 0 Å². The van der Waals surface area contributed by atoms with E-state index in [-0.39, 0.29) is 5.41 Å². The summed E-state index contributed by atoms with van der Waals surface area (Å²) in [5, 5.41) is 1.94. The molecule has 0 fully saturated rings. The van der Waals surface area contributed by atoms with E-state index >= 15 is 0 Å². The summed E-state index contributed by atoms with van der Waals surface area (Å²) in [6.07, 6.45) is 0. The molecule has 1 aromatic carbocycles. The molecule has 0 heterocycles. The molecule has 12 heavy (non-hydrogen) atoms. The zero-order valence-corrected chi connectivity index (χ0v) is 9.60. The minimum absolute atomic E-state index is 0.129. The predicted molar refractivity (Wildman–Crippen MR) is 59.5 cm³/mol. The van der Waals surface area contributed by atoms with Gasteiger partial charge in [0.25, 0.3) is 0 Å². The van der Waals surface area contributed by atoms with E-state index in [1.54, 1.807) is 0 Å². The molecule has 0 N–H and O–H groups in total. The van der Waals surface area contributed by atoms with Crippen molar-refractivity contribution in [3.05, 3.63) is 28.8 Å². The van der Waals surface area contributed by atoms with Gasteiger partial charge in [0.05, 0.1) is 5.02 Å². The van der Waals surface area contributed by atoms with Gasteiger partial charge in [0.1, 0.15) is 0 Å². The largest absolute Gasteiger partial charge is 0.104 e. The molecule has 0 saturated carbocycles. The van der Waals surface area contributed by atoms with Crippen LogP contribution in [0.2, 0.25) is 5.02 Å². The number of hydrogen-bond acceptors (Lipinski definition) is 0. The zero-order valence-electron chi connectivity index (χ0n) is 7.69. The minimum Gasteiger partial charge on any atom is -0.104 e. The number of halogens is 1. The fraction of sp³-hybridized carbons (Fsp3) is 0.400. The molecule has 1 aromatic rings. The summed E-state index contributed by atoms with van der Waals surface area (Å²) in [5.41, 5.74) is 1.33. The van der Waals surface area contributed by atoms with Crippen LogP contribution < -0.4 is 5.30 Å². The Bertz CT molecular complexity index is 286. The van der Waals surface area contributed by atoms with Crippen molar-refractivity contribution in [3.8, 4) is 0 Å². The number of hydrogen-bond donors (Lipinski definition) is 0. The third kappa shape index (κ3) is 2.00. The second-order valence-corrected chi connectivity index (χ2v) is 4.96. The van der Waals surface area contributed by atoms with Crippen molar-refractivity contribution in [3.63, 3.8) is 0 Å². The molecule has 0 aromatic heterocycles. The minimum atomic E-state index is 0.129. The van der Waals surface area contributed by atoms with E-state index in [2.05, 4.69) is 36.1 Å². The molecule has 1 rings (SSSR count). The van der Waals surface area contributed by atoms with E-state index in [1.807, 2.05) is 12.1 Å². The lowest BCUT2D eigenvalue weighted by atomic mass is 9.87. The Labute approximate surface area is 81.5 Å². The van der Waals surface area contributed by atoms with E-state index in [0.717, 1.165) is 10.3 Å². The molecule has 0 nitrogen and oxygen atoms in total. The Morgan fingerprint density at radius 3 is 2.25 bits per heavy atom. The second kappa shape index (κ2) is 3.36. The first-order valence-corrected chi connectivity index (χ1v) is 4.93. The van der Waals surface area contributed by atoms with Crippen molar-refractivity contribution in [2.75, 3.05) is 0 Å². The van der Waals surface area contributed by atoms with Gasteiger partial charge in [0, 0.05) is 0 Å². The normalized spacial score (nSPS) is 11.8. The Hall–Kier alpha value is -0.0600. The molecule has 0 aliphatic rings. The third-order valence-electron chi connectivity index (χ3n) is 1.84. The van der Waals surface area contributed by atoms with Crippen LogP contribution >= 0.6 is 20.8 Å². The van der Waals surface area contributed by atoms with E-state index in [4.69, 9.17) is 11.6 Å². The van der Waals surface area contributed by atoms with Crippen LogP contribution in [0, 0.1) is 0 Å². The van der Waals surface area contributed by atoms with Crippen LogP contribution in [0.4, 0.5) is 0 Å². The smallest absolute Gasteiger partial charge is 0.0514 e. The number of benzene rings is 1. The van der Waals surface area contributed by atoms with Crippen molar-refractivity contribution >= 4 is 26.1 Å². The first-order valence-electron chi connectivity index (χ1n) is 3.97. The molecule has 66 valence electrons. The van der Waals surface area contributed by atoms with Crippen LogP contribution in [-0.4, -0.2) is 0 Å². The van der Waals surface area contributed by atoms with Crippen LogP contribution in [-0.2, 0) is 5.41 Å². The molecule has 0 aliphatic carbocycles. The molecule has 2 heteroatoms. The van der Waals surface area contributed by atoms with E-state index in [1.165, 1.54) is 5.56 Å². The zero-order chi connectivity index (χ0) is 9.35. The Kier molecular flexibility index (Phi) is 2.81. The maximum Gasteiger partial charge on any atom is 0.0514 e. The van der Waals surface area contributed by atoms with Gasteiger partial charge in [-0.25, -0.2) is 0 Å². The van der Waals surface area contributed by atoms with Gasteiger partial charge < -0.3 is 0 Å². The Morgan fingerprint density at radius 2 is 1.83 bits per heavy atom. The molecule has 0 spiro atoms. The molecule has 0 amide bonds. The highest BCUT2D eigenvalue weighted by Gasteiger charge is 2.17. The quantitative estimate of drug-likeness (QED) is 0.565. The first kappa shape index (κ1) is 10.0. The predicted octanol–water partition coefficient (Wildman–Crippen LogP) is 3.14. The fourth-order valence-electron chi connectivity index (χ4n) is 1.13. The van der Waals surface area contributed by atoms with Crippen molar-refractivity contribution in [1.29, 1.82) is 0 Å². The monoisotopic (exact) mass is 200 g/mol. The highest BCUT2D eigenvalue weighted by atomic mass is 35.5. The topological polar surface area (TPSA) is 0 Å². The lowest BCUT2D eigenvalue weighted by Crippen LogP contribution is -2.14. The van der Waals surface area contributed by atoms with E-state index < -0.39 is 0 Å². The standard InChI is InChI=1S/C10H14ClP/c1-10(2,3)7-5-4-6-8(12)9(7)11/h4-6H,12H2,1-3H3. The van der Waals surface area contributed by atoms with Crippen molar-refractivity contribution in [2.45, 2.75) is 26.2 Å². The average Bonchev–Trinajstić information content (AvgIpc) is 1.92. The van der Waals surface area contributed by atoms with Crippen molar-refractivity contribution < 1.29 is 0 Å². The highest BCUT2D eigenvalue weighted by molar-refractivity contribution is 7.28. The molecule has 0 aliphatic heterocycles. The van der Waals surface area contributed by atoms with E-state index in [9.17, 15) is 0 Å². The van der Waals surface area contributed by atoms with Crippen LogP contribution in [0.25, 0.3) is 0 Å². The van der Waals surface area contributed by atoms with Gasteiger partial charge in [0.2, 0.25) is 0 Å². The summed E-state index contributed by atoms with van der Waals surface area (Å²) in [5.74, 6) is 0. The van der Waals surface area contributed by atoms with Crippen molar-refractivity contribution in [1.82, 2.24) is 0 Å². The lowest BCUT2D eigenvalue weighted by molar-refractivity contribution is 0.591. The van der Waals surface area contributed by atoms with Crippen LogP contribution in [0.5, 0.6) is 0 Å². The molecule has 1 atom stereocenters. The summed E-state index contributed by atoms with van der Waals surface area (Å²) in [6.45, 7) is 6.50. The van der Waals surface area contributed by atoms with Gasteiger partial charge in [-0.15, -0.1) is 9.24 Å². The average molecular weight is 201 g/mol. The SMILES string of the molecule is CC(C)(C)c1cccc(P)c1Cl. The van der Waals surface area contributed by atoms with Gasteiger partial charge in [-0.3, -0.25) is 0 Å². The third-order valence-corrected chi connectivity index (χ3v) is 2.92. The molecule has 0 bridgehead atoms. The molecule has 0 saturated heterocycles. The molecule has 1 unspecified atom stereocenters. The first-order chi connectivity index (χ1) is 5.43. The summed E-state index contributed by atoms with van der Waals surface area (Å²) < 4.78 is 0. The van der Waals surface area contributed by atoms with Gasteiger partial charge in [0.15, 0.2) is 0 Å². The molecule has 0 radical (unpaired) electrons. The van der Waals surface area contributed by atoms with Crippen molar-refractivity contribution in [2.24, 2.45) is 0 Å². The maximum absolute atomic E-state index is 6.16. The lowest BCUT2D eigenvalue weighted by Gasteiger charge is -2.21. The summed E-state index contributed by atoms with van der Waals surface area (Å²) >= 11 is 6.16. The summed E-state index contributed by atoms with van der Waals surface area (Å²) in [6, 6.07) is 6.12. The van der Waals surface area contributed by atoms with Gasteiger partial charge in [-0.2, -0.15) is 0 Å². The van der Waals surface area contributed by atoms with Crippen LogP contribution in [0.3, 0.4) is 0 Å². The van der Waals surface area contributed by atoms with Crippen LogP contribution in [0.15, 0.2) is 18.2 Å². The maximum atomic E-state index is 6.16. The second-order valence-electron chi connectivity index (χ2n) is 3.96. The van der Waals surface area contributed by atoms with Crippen LogP contribution in [0.1, 0.15) is 26.3 Å². The molecular weight excluding hydrogens is 187 g/mol. The van der Waals surface area contributed by atoms with E-state index in [0.29, 0.717) is 0 Å². The summed E-state index contributed by atoms with van der Waals surface area (Å²) in [4.78, 5) is 0. The number of rotatable bonds is 0. The fourth-order valence-corrected chi connectivity index (χ4v) is 1.81. The van der Waals surface area contributed by atoms with Gasteiger partial charge in [-0.05, 0) is 16.3 Å². The Morgan fingerprint density at radius 1 is 1.25 bits per heavy atom.